The Kier molecular flexibility index (Phi) is 7.31. The van der Waals surface area contributed by atoms with Crippen molar-refractivity contribution >= 4 is 34.4 Å². The van der Waals surface area contributed by atoms with E-state index in [2.05, 4.69) is 9.97 Å². The molecule has 1 fully saturated rings. The zero-order chi connectivity index (χ0) is 27.5. The number of carbonyl (C=O) groups excluding carboxylic acids is 1. The number of urea groups is 1. The number of anilines is 3. The lowest BCUT2D eigenvalue weighted by Gasteiger charge is -2.37. The van der Waals surface area contributed by atoms with Crippen molar-refractivity contribution in [3.05, 3.63) is 77.9 Å². The number of methoxy groups -OCH3 is 2. The smallest absolute Gasteiger partial charge is 0.324 e. The van der Waals surface area contributed by atoms with Crippen LogP contribution >= 0.6 is 0 Å². The summed E-state index contributed by atoms with van der Waals surface area (Å²) in [4.78, 5) is 27.9. The van der Waals surface area contributed by atoms with Crippen molar-refractivity contribution in [1.82, 2.24) is 14.9 Å². The first-order valence-electron chi connectivity index (χ1n) is 12.4. The molecule has 11 heteroatoms. The van der Waals surface area contributed by atoms with Gasteiger partial charge in [-0.15, -0.1) is 0 Å². The molecule has 0 aliphatic carbocycles. The second kappa shape index (κ2) is 11.0. The maximum atomic E-state index is 14.5. The molecule has 202 valence electrons. The van der Waals surface area contributed by atoms with Gasteiger partial charge in [-0.3, -0.25) is 4.90 Å². The first kappa shape index (κ1) is 26.0. The van der Waals surface area contributed by atoms with Crippen LogP contribution < -0.4 is 25.0 Å². The predicted octanol–water partition coefficient (Wildman–Crippen LogP) is 4.46. The number of hydrogen-bond donors (Lipinski definition) is 1. The second-order valence-corrected chi connectivity index (χ2v) is 9.05. The highest BCUT2D eigenvalue weighted by molar-refractivity contribution is 5.93. The maximum absolute atomic E-state index is 14.5. The third-order valence-corrected chi connectivity index (χ3v) is 6.69. The topological polar surface area (TPSA) is 97.1 Å². The van der Waals surface area contributed by atoms with Gasteiger partial charge in [-0.25, -0.2) is 18.6 Å². The molecule has 1 aliphatic heterocycles. The minimum atomic E-state index is -0.574. The summed E-state index contributed by atoms with van der Waals surface area (Å²) in [6.45, 7) is 1.56. The number of amides is 2. The van der Waals surface area contributed by atoms with Gasteiger partial charge >= 0.3 is 6.03 Å². The minimum absolute atomic E-state index is 0.0953. The molecule has 3 aromatic carbocycles. The average molecular weight is 535 g/mol. The van der Waals surface area contributed by atoms with Crippen molar-refractivity contribution in [2.24, 2.45) is 0 Å². The van der Waals surface area contributed by atoms with Crippen molar-refractivity contribution in [1.29, 1.82) is 0 Å². The highest BCUT2D eigenvalue weighted by Crippen LogP contribution is 2.34. The van der Waals surface area contributed by atoms with Crippen molar-refractivity contribution in [3.63, 3.8) is 0 Å². The molecule has 5 rings (SSSR count). The fraction of sp³-hybridized carbons (Fsp3) is 0.250. The fourth-order valence-electron chi connectivity index (χ4n) is 4.59. The Morgan fingerprint density at radius 1 is 0.949 bits per heavy atom. The van der Waals surface area contributed by atoms with Crippen LogP contribution in [0.25, 0.3) is 10.9 Å². The molecule has 0 spiro atoms. The van der Waals surface area contributed by atoms with E-state index in [1.807, 2.05) is 11.0 Å². The van der Waals surface area contributed by atoms with Crippen molar-refractivity contribution in [2.75, 3.05) is 55.9 Å². The van der Waals surface area contributed by atoms with Gasteiger partial charge in [0, 0.05) is 48.9 Å². The van der Waals surface area contributed by atoms with Gasteiger partial charge in [-0.2, -0.15) is 4.98 Å². The lowest BCUT2D eigenvalue weighted by atomic mass is 10.1. The molecular weight excluding hydrogens is 506 g/mol. The van der Waals surface area contributed by atoms with E-state index in [9.17, 15) is 13.6 Å². The lowest BCUT2D eigenvalue weighted by Crippen LogP contribution is -2.53. The molecule has 0 saturated carbocycles. The number of rotatable bonds is 6. The number of hydrogen-bond acceptors (Lipinski definition) is 7. The van der Waals surface area contributed by atoms with E-state index in [0.29, 0.717) is 66.0 Å². The van der Waals surface area contributed by atoms with E-state index in [1.54, 1.807) is 55.5 Å². The van der Waals surface area contributed by atoms with Crippen LogP contribution in [0.15, 0.2) is 60.7 Å². The Labute approximate surface area is 224 Å². The van der Waals surface area contributed by atoms with Crippen LogP contribution in [-0.4, -0.2) is 61.3 Å². The van der Waals surface area contributed by atoms with Gasteiger partial charge in [-0.05, 0) is 36.4 Å². The second-order valence-electron chi connectivity index (χ2n) is 9.05. The number of para-hydroxylation sites is 1. The standard InChI is InChI=1S/C28H28F2N6O3/c1-38-24-15-21-23(16-25(24)39-2)32-27(33-26(21)31)34-10-12-35(13-11-34)28(37)36(20-6-4-3-5-7-20)17-18-14-19(29)8-9-22(18)30/h3-9,14-16H,10-13,17H2,1-2H3,(H2,31,32,33). The zero-order valence-electron chi connectivity index (χ0n) is 21.6. The van der Waals surface area contributed by atoms with Crippen LogP contribution in [0.4, 0.5) is 31.0 Å². The third-order valence-electron chi connectivity index (χ3n) is 6.69. The maximum Gasteiger partial charge on any atom is 0.324 e. The Hall–Kier alpha value is -4.67. The lowest BCUT2D eigenvalue weighted by molar-refractivity contribution is 0.200. The van der Waals surface area contributed by atoms with Gasteiger partial charge in [0.25, 0.3) is 0 Å². The van der Waals surface area contributed by atoms with E-state index in [-0.39, 0.29) is 18.1 Å². The van der Waals surface area contributed by atoms with E-state index < -0.39 is 11.6 Å². The summed E-state index contributed by atoms with van der Waals surface area (Å²) in [5.74, 6) is 0.672. The highest BCUT2D eigenvalue weighted by atomic mass is 19.1. The Morgan fingerprint density at radius 2 is 1.64 bits per heavy atom. The number of benzene rings is 3. The summed E-state index contributed by atoms with van der Waals surface area (Å²) in [6.07, 6.45) is 0. The van der Waals surface area contributed by atoms with Crippen LogP contribution in [0.5, 0.6) is 11.5 Å². The van der Waals surface area contributed by atoms with Crippen LogP contribution in [0.3, 0.4) is 0 Å². The van der Waals surface area contributed by atoms with Gasteiger partial charge in [0.05, 0.1) is 26.3 Å². The van der Waals surface area contributed by atoms with Crippen LogP contribution in [-0.2, 0) is 6.54 Å². The molecule has 39 heavy (non-hydrogen) atoms. The number of aromatic nitrogens is 2. The Balaban J connectivity index is 1.35. The van der Waals surface area contributed by atoms with Crippen molar-refractivity contribution in [2.45, 2.75) is 6.54 Å². The molecule has 0 atom stereocenters. The van der Waals surface area contributed by atoms with E-state index in [1.165, 1.54) is 4.90 Å². The Bertz CT molecular complexity index is 1500. The van der Waals surface area contributed by atoms with E-state index in [0.717, 1.165) is 18.2 Å². The SMILES string of the molecule is COc1cc2nc(N3CCN(C(=O)N(Cc4cc(F)ccc4F)c4ccccc4)CC3)nc(N)c2cc1OC. The third kappa shape index (κ3) is 5.33. The van der Waals surface area contributed by atoms with Crippen LogP contribution in [0, 0.1) is 11.6 Å². The summed E-state index contributed by atoms with van der Waals surface area (Å²) < 4.78 is 39.1. The monoisotopic (exact) mass is 534 g/mol. The predicted molar refractivity (Wildman–Crippen MR) is 145 cm³/mol. The number of ether oxygens (including phenoxy) is 2. The van der Waals surface area contributed by atoms with Crippen LogP contribution in [0.1, 0.15) is 5.56 Å². The normalized spacial score (nSPS) is 13.4. The van der Waals surface area contributed by atoms with Gasteiger partial charge in [-0.1, -0.05) is 18.2 Å². The summed E-state index contributed by atoms with van der Waals surface area (Å²) in [5, 5.41) is 0.647. The molecular formula is C28H28F2N6O3. The molecule has 0 bridgehead atoms. The number of fused-ring (bicyclic) bond motifs is 1. The van der Waals surface area contributed by atoms with Crippen LogP contribution in [0.2, 0.25) is 0 Å². The highest BCUT2D eigenvalue weighted by Gasteiger charge is 2.28. The average Bonchev–Trinajstić information content (AvgIpc) is 2.97. The van der Waals surface area contributed by atoms with E-state index in [4.69, 9.17) is 15.2 Å². The molecule has 4 aromatic rings. The number of nitrogens with two attached hydrogens (primary N) is 1. The number of nitrogens with zero attached hydrogens (tertiary/aromatic N) is 5. The minimum Gasteiger partial charge on any atom is -0.493 e. The van der Waals surface area contributed by atoms with Crippen molar-refractivity contribution in [3.8, 4) is 11.5 Å². The summed E-state index contributed by atoms with van der Waals surface area (Å²) >= 11 is 0. The number of nitrogen functional groups attached to an aromatic ring is 1. The van der Waals surface area contributed by atoms with Gasteiger partial charge in [0.1, 0.15) is 17.5 Å². The number of carbonyl (C=O) groups is 1. The first-order chi connectivity index (χ1) is 18.9. The quantitative estimate of drug-likeness (QED) is 0.390. The molecule has 1 aromatic heterocycles. The molecule has 1 saturated heterocycles. The molecule has 9 nitrogen and oxygen atoms in total. The Morgan fingerprint density at radius 3 is 2.33 bits per heavy atom. The summed E-state index contributed by atoms with van der Waals surface area (Å²) in [6, 6.07) is 15.4. The van der Waals surface area contributed by atoms with Crippen molar-refractivity contribution < 1.29 is 23.0 Å². The number of halogens is 2. The number of piperazine rings is 1. The molecule has 0 radical (unpaired) electrons. The fourth-order valence-corrected chi connectivity index (χ4v) is 4.59. The summed E-state index contributed by atoms with van der Waals surface area (Å²) in [7, 11) is 3.09. The van der Waals surface area contributed by atoms with Gasteiger partial charge < -0.3 is 25.0 Å². The molecule has 1 aliphatic rings. The largest absolute Gasteiger partial charge is 0.493 e. The van der Waals surface area contributed by atoms with Gasteiger partial charge in [0.2, 0.25) is 5.95 Å². The molecule has 2 N–H and O–H groups in total. The molecule has 0 unspecified atom stereocenters. The summed E-state index contributed by atoms with van der Waals surface area (Å²) in [5.41, 5.74) is 7.55. The molecule has 2 heterocycles. The molecule has 2 amide bonds. The van der Waals surface area contributed by atoms with Gasteiger partial charge in [0.15, 0.2) is 11.5 Å². The zero-order valence-corrected chi connectivity index (χ0v) is 21.6. The first-order valence-corrected chi connectivity index (χ1v) is 12.4. The van der Waals surface area contributed by atoms with E-state index >= 15 is 0 Å².